The fourth-order valence-electron chi connectivity index (χ4n) is 1.59. The topological polar surface area (TPSA) is 43.1 Å². The van der Waals surface area contributed by atoms with Gasteiger partial charge in [-0.2, -0.15) is 0 Å². The number of ketones is 1. The molecule has 2 aromatic rings. The average molecular weight is 233 g/mol. The second-order valence-electron chi connectivity index (χ2n) is 3.92. The first-order chi connectivity index (χ1) is 8.13. The van der Waals surface area contributed by atoms with E-state index in [1.807, 2.05) is 0 Å². The summed E-state index contributed by atoms with van der Waals surface area (Å²) in [6.45, 7) is 1.50. The predicted octanol–water partition coefficient (Wildman–Crippen LogP) is 2.54. The average Bonchev–Trinajstić information content (AvgIpc) is 2.64. The molecular weight excluding hydrogens is 221 g/mol. The molecule has 0 aliphatic heterocycles. The maximum Gasteiger partial charge on any atom is 0.198 e. The smallest absolute Gasteiger partial charge is 0.198 e. The van der Waals surface area contributed by atoms with Crippen molar-refractivity contribution in [3.63, 3.8) is 0 Å². The molecule has 0 amide bonds. The van der Waals surface area contributed by atoms with E-state index < -0.39 is 0 Å². The van der Waals surface area contributed by atoms with E-state index >= 15 is 0 Å². The van der Waals surface area contributed by atoms with Gasteiger partial charge in [0.15, 0.2) is 5.89 Å². The molecule has 4 heteroatoms. The Balaban J connectivity index is 2.08. The molecule has 0 radical (unpaired) electrons. The highest BCUT2D eigenvalue weighted by atomic mass is 19.1. The van der Waals surface area contributed by atoms with Crippen molar-refractivity contribution in [2.45, 2.75) is 19.8 Å². The van der Waals surface area contributed by atoms with E-state index in [1.54, 1.807) is 12.1 Å². The van der Waals surface area contributed by atoms with Crippen LogP contribution in [-0.2, 0) is 17.6 Å². The van der Waals surface area contributed by atoms with Gasteiger partial charge in [-0.1, -0.05) is 12.1 Å². The van der Waals surface area contributed by atoms with E-state index in [0.29, 0.717) is 18.0 Å². The number of halogens is 1. The van der Waals surface area contributed by atoms with Gasteiger partial charge < -0.3 is 4.42 Å². The molecule has 0 saturated heterocycles. The third kappa shape index (κ3) is 3.24. The first-order valence-electron chi connectivity index (χ1n) is 5.30. The van der Waals surface area contributed by atoms with Crippen LogP contribution >= 0.6 is 0 Å². The molecule has 1 aromatic heterocycles. The molecule has 0 aliphatic rings. The van der Waals surface area contributed by atoms with Crippen LogP contribution in [0.2, 0.25) is 0 Å². The van der Waals surface area contributed by atoms with Gasteiger partial charge in [-0.15, -0.1) is 0 Å². The van der Waals surface area contributed by atoms with Gasteiger partial charge in [0.25, 0.3) is 0 Å². The van der Waals surface area contributed by atoms with E-state index in [-0.39, 0.29) is 18.0 Å². The number of carbonyl (C=O) groups is 1. The maximum atomic E-state index is 13.0. The van der Waals surface area contributed by atoms with Crippen molar-refractivity contribution in [2.75, 3.05) is 0 Å². The number of benzene rings is 1. The van der Waals surface area contributed by atoms with E-state index in [9.17, 15) is 9.18 Å². The van der Waals surface area contributed by atoms with Gasteiger partial charge in [-0.05, 0) is 24.6 Å². The zero-order valence-corrected chi connectivity index (χ0v) is 9.44. The molecule has 0 bridgehead atoms. The summed E-state index contributed by atoms with van der Waals surface area (Å²) in [5.41, 5.74) is 1.41. The zero-order chi connectivity index (χ0) is 12.3. The summed E-state index contributed by atoms with van der Waals surface area (Å²) in [7, 11) is 0. The minimum Gasteiger partial charge on any atom is -0.448 e. The summed E-state index contributed by atoms with van der Waals surface area (Å²) >= 11 is 0. The van der Waals surface area contributed by atoms with Crippen LogP contribution in [-0.4, -0.2) is 10.8 Å². The van der Waals surface area contributed by atoms with Gasteiger partial charge in [-0.3, -0.25) is 4.79 Å². The summed E-state index contributed by atoms with van der Waals surface area (Å²) in [5.74, 6) is 0.250. The maximum absolute atomic E-state index is 13.0. The van der Waals surface area contributed by atoms with Crippen LogP contribution in [0.25, 0.3) is 0 Å². The highest BCUT2D eigenvalue weighted by molar-refractivity contribution is 5.77. The van der Waals surface area contributed by atoms with Gasteiger partial charge in [-0.25, -0.2) is 9.37 Å². The van der Waals surface area contributed by atoms with Gasteiger partial charge in [0.1, 0.15) is 17.9 Å². The van der Waals surface area contributed by atoms with Gasteiger partial charge in [0, 0.05) is 6.42 Å². The minimum atomic E-state index is -0.280. The van der Waals surface area contributed by atoms with Crippen LogP contribution < -0.4 is 0 Å². The molecule has 2 rings (SSSR count). The number of Topliss-reactive ketones (excluding diaryl/α,β-unsaturated/α-hetero) is 1. The number of carbonyl (C=O) groups excluding carboxylic acids is 1. The number of rotatable bonds is 4. The Kier molecular flexibility index (Phi) is 3.32. The summed E-state index contributed by atoms with van der Waals surface area (Å²) in [6.07, 6.45) is 2.17. The van der Waals surface area contributed by atoms with Crippen molar-refractivity contribution in [1.82, 2.24) is 4.98 Å². The van der Waals surface area contributed by atoms with Crippen LogP contribution in [0.15, 0.2) is 34.9 Å². The molecule has 0 unspecified atom stereocenters. The highest BCUT2D eigenvalue weighted by Gasteiger charge is 2.07. The predicted molar refractivity (Wildman–Crippen MR) is 60.1 cm³/mol. The number of aromatic nitrogens is 1. The standard InChI is InChI=1S/C13H12FNO2/c1-9(16)5-12-8-17-13(15-12)7-10-3-2-4-11(14)6-10/h2-4,6,8H,5,7H2,1H3. The van der Waals surface area contributed by atoms with Crippen molar-refractivity contribution < 1.29 is 13.6 Å². The van der Waals surface area contributed by atoms with Gasteiger partial charge >= 0.3 is 0 Å². The van der Waals surface area contributed by atoms with Crippen molar-refractivity contribution in [3.8, 4) is 0 Å². The molecular formula is C13H12FNO2. The molecule has 0 spiro atoms. The largest absolute Gasteiger partial charge is 0.448 e. The Labute approximate surface area is 98.3 Å². The molecule has 17 heavy (non-hydrogen) atoms. The van der Waals surface area contributed by atoms with Gasteiger partial charge in [0.2, 0.25) is 0 Å². The van der Waals surface area contributed by atoms with Crippen molar-refractivity contribution in [2.24, 2.45) is 0 Å². The van der Waals surface area contributed by atoms with Crippen molar-refractivity contribution in [3.05, 3.63) is 53.5 Å². The fraction of sp³-hybridized carbons (Fsp3) is 0.231. The summed E-state index contributed by atoms with van der Waals surface area (Å²) in [6, 6.07) is 6.27. The molecule has 0 atom stereocenters. The number of hydrogen-bond donors (Lipinski definition) is 0. The summed E-state index contributed by atoms with van der Waals surface area (Å²) < 4.78 is 18.2. The zero-order valence-electron chi connectivity index (χ0n) is 9.44. The van der Waals surface area contributed by atoms with Crippen LogP contribution in [0.1, 0.15) is 24.1 Å². The normalized spacial score (nSPS) is 10.5. The van der Waals surface area contributed by atoms with Crippen LogP contribution in [0.5, 0.6) is 0 Å². The van der Waals surface area contributed by atoms with Crippen molar-refractivity contribution >= 4 is 5.78 Å². The number of oxazole rings is 1. The lowest BCUT2D eigenvalue weighted by Gasteiger charge is -1.96. The number of hydrogen-bond acceptors (Lipinski definition) is 3. The Morgan fingerprint density at radius 2 is 2.29 bits per heavy atom. The van der Waals surface area contributed by atoms with Crippen LogP contribution in [0.3, 0.4) is 0 Å². The van der Waals surface area contributed by atoms with E-state index in [0.717, 1.165) is 5.56 Å². The second-order valence-corrected chi connectivity index (χ2v) is 3.92. The van der Waals surface area contributed by atoms with Crippen LogP contribution in [0.4, 0.5) is 4.39 Å². The van der Waals surface area contributed by atoms with Gasteiger partial charge in [0.05, 0.1) is 12.1 Å². The SMILES string of the molecule is CC(=O)Cc1coc(Cc2cccc(F)c2)n1. The third-order valence-electron chi connectivity index (χ3n) is 2.27. The van der Waals surface area contributed by atoms with Crippen LogP contribution in [0, 0.1) is 5.82 Å². The molecule has 1 heterocycles. The Morgan fingerprint density at radius 3 is 3.00 bits per heavy atom. The quantitative estimate of drug-likeness (QED) is 0.815. The minimum absolute atomic E-state index is 0.0376. The molecule has 88 valence electrons. The Hall–Kier alpha value is -1.97. The second kappa shape index (κ2) is 4.91. The molecule has 1 aromatic carbocycles. The highest BCUT2D eigenvalue weighted by Crippen LogP contribution is 2.11. The molecule has 3 nitrogen and oxygen atoms in total. The van der Waals surface area contributed by atoms with Crippen molar-refractivity contribution in [1.29, 1.82) is 0 Å². The summed E-state index contributed by atoms with van der Waals surface area (Å²) in [5, 5.41) is 0. The van der Waals surface area contributed by atoms with E-state index in [4.69, 9.17) is 4.42 Å². The van der Waals surface area contributed by atoms with E-state index in [1.165, 1.54) is 25.3 Å². The lowest BCUT2D eigenvalue weighted by atomic mass is 10.1. The molecule has 0 aliphatic carbocycles. The third-order valence-corrected chi connectivity index (χ3v) is 2.27. The molecule has 0 N–H and O–H groups in total. The molecule has 0 saturated carbocycles. The Morgan fingerprint density at radius 1 is 1.47 bits per heavy atom. The van der Waals surface area contributed by atoms with E-state index in [2.05, 4.69) is 4.98 Å². The first-order valence-corrected chi connectivity index (χ1v) is 5.30. The number of nitrogens with zero attached hydrogens (tertiary/aromatic N) is 1. The lowest BCUT2D eigenvalue weighted by molar-refractivity contribution is -0.116. The molecule has 0 fully saturated rings. The Bertz CT molecular complexity index is 534. The monoisotopic (exact) mass is 233 g/mol. The summed E-state index contributed by atoms with van der Waals surface area (Å²) in [4.78, 5) is 15.1. The fourth-order valence-corrected chi connectivity index (χ4v) is 1.59. The lowest BCUT2D eigenvalue weighted by Crippen LogP contribution is -1.97. The first kappa shape index (κ1) is 11.5.